The van der Waals surface area contributed by atoms with Gasteiger partial charge in [0.15, 0.2) is 0 Å². The van der Waals surface area contributed by atoms with Crippen LogP contribution in [0.25, 0.3) is 0 Å². The molecule has 1 aromatic rings. The maximum absolute atomic E-state index is 9.49. The molecular formula is C14H21N3. The lowest BCUT2D eigenvalue weighted by Crippen LogP contribution is -2.26. The van der Waals surface area contributed by atoms with Crippen molar-refractivity contribution >= 4 is 0 Å². The van der Waals surface area contributed by atoms with E-state index in [0.29, 0.717) is 0 Å². The number of nitrogens with zero attached hydrogens (tertiary/aromatic N) is 3. The minimum atomic E-state index is -0.127. The lowest BCUT2D eigenvalue weighted by atomic mass is 9.72. The molecule has 0 amide bonds. The molecule has 0 aromatic carbocycles. The molecule has 0 saturated heterocycles. The van der Waals surface area contributed by atoms with Crippen LogP contribution in [0.15, 0.2) is 6.07 Å². The van der Waals surface area contributed by atoms with E-state index in [1.807, 2.05) is 11.6 Å². The Kier molecular flexibility index (Phi) is 3.51. The van der Waals surface area contributed by atoms with Crippen LogP contribution in [-0.4, -0.2) is 9.78 Å². The molecule has 2 rings (SSSR count). The Morgan fingerprint density at radius 2 is 2.12 bits per heavy atom. The fraction of sp³-hybridized carbons (Fsp3) is 0.714. The van der Waals surface area contributed by atoms with Gasteiger partial charge in [-0.3, -0.25) is 4.68 Å². The molecule has 1 aliphatic rings. The van der Waals surface area contributed by atoms with Crippen molar-refractivity contribution in [1.82, 2.24) is 9.78 Å². The Labute approximate surface area is 103 Å². The van der Waals surface area contributed by atoms with E-state index < -0.39 is 0 Å². The summed E-state index contributed by atoms with van der Waals surface area (Å²) in [5.74, 6) is 0. The molecule has 0 atom stereocenters. The maximum Gasteiger partial charge on any atom is 0.0693 e. The van der Waals surface area contributed by atoms with E-state index in [1.165, 1.54) is 25.0 Å². The zero-order valence-corrected chi connectivity index (χ0v) is 10.9. The summed E-state index contributed by atoms with van der Waals surface area (Å²) in [6.07, 6.45) is 6.67. The van der Waals surface area contributed by atoms with Gasteiger partial charge in [0.25, 0.3) is 0 Å². The summed E-state index contributed by atoms with van der Waals surface area (Å²) in [6, 6.07) is 4.72. The van der Waals surface area contributed by atoms with E-state index in [2.05, 4.69) is 24.2 Å². The quantitative estimate of drug-likeness (QED) is 0.801. The summed E-state index contributed by atoms with van der Waals surface area (Å²) < 4.78 is 2.04. The second kappa shape index (κ2) is 4.91. The largest absolute Gasteiger partial charge is 0.270 e. The third-order valence-corrected chi connectivity index (χ3v) is 3.85. The Balaban J connectivity index is 2.20. The van der Waals surface area contributed by atoms with Crippen molar-refractivity contribution < 1.29 is 0 Å². The summed E-state index contributed by atoms with van der Waals surface area (Å²) in [5, 5.41) is 14.0. The molecule has 1 aromatic heterocycles. The van der Waals surface area contributed by atoms with Gasteiger partial charge in [-0.05, 0) is 32.8 Å². The lowest BCUT2D eigenvalue weighted by Gasteiger charge is -2.30. The highest BCUT2D eigenvalue weighted by molar-refractivity contribution is 5.15. The first-order chi connectivity index (χ1) is 8.19. The third kappa shape index (κ3) is 2.52. The number of nitriles is 1. The van der Waals surface area contributed by atoms with Crippen molar-refractivity contribution in [3.05, 3.63) is 17.5 Å². The number of hydrogen-bond acceptors (Lipinski definition) is 2. The second-order valence-electron chi connectivity index (χ2n) is 5.22. The van der Waals surface area contributed by atoms with Gasteiger partial charge >= 0.3 is 0 Å². The standard InChI is InChI=1S/C14H21N3/c1-3-17-13(9-12(2)16-17)10-14(11-15)7-5-4-6-8-14/h9H,3-8,10H2,1-2H3. The van der Waals surface area contributed by atoms with Crippen molar-refractivity contribution in [3.63, 3.8) is 0 Å². The molecule has 0 aliphatic heterocycles. The number of aryl methyl sites for hydroxylation is 2. The normalized spacial score (nSPS) is 18.9. The summed E-state index contributed by atoms with van der Waals surface area (Å²) in [5.41, 5.74) is 2.16. The summed E-state index contributed by atoms with van der Waals surface area (Å²) >= 11 is 0. The molecule has 3 heteroatoms. The van der Waals surface area contributed by atoms with Crippen molar-refractivity contribution in [3.8, 4) is 6.07 Å². The van der Waals surface area contributed by atoms with Gasteiger partial charge in [0.05, 0.1) is 17.2 Å². The van der Waals surface area contributed by atoms with Crippen molar-refractivity contribution in [2.24, 2.45) is 5.41 Å². The smallest absolute Gasteiger partial charge is 0.0693 e. The number of aromatic nitrogens is 2. The number of rotatable bonds is 3. The fourth-order valence-electron chi connectivity index (χ4n) is 2.92. The molecule has 17 heavy (non-hydrogen) atoms. The van der Waals surface area contributed by atoms with Crippen LogP contribution in [0.4, 0.5) is 0 Å². The van der Waals surface area contributed by atoms with Gasteiger partial charge in [-0.25, -0.2) is 0 Å². The fourth-order valence-corrected chi connectivity index (χ4v) is 2.92. The molecule has 1 fully saturated rings. The Bertz CT molecular complexity index is 419. The van der Waals surface area contributed by atoms with Gasteiger partial charge in [0, 0.05) is 18.7 Å². The molecule has 1 heterocycles. The summed E-state index contributed by atoms with van der Waals surface area (Å²) in [4.78, 5) is 0. The second-order valence-corrected chi connectivity index (χ2v) is 5.22. The van der Waals surface area contributed by atoms with E-state index in [9.17, 15) is 5.26 Å². The maximum atomic E-state index is 9.49. The SMILES string of the molecule is CCn1nc(C)cc1CC1(C#N)CCCCC1. The molecule has 3 nitrogen and oxygen atoms in total. The first kappa shape index (κ1) is 12.2. The predicted octanol–water partition coefficient (Wildman–Crippen LogP) is 3.23. The van der Waals surface area contributed by atoms with Gasteiger partial charge < -0.3 is 0 Å². The van der Waals surface area contributed by atoms with Gasteiger partial charge in [-0.1, -0.05) is 19.3 Å². The monoisotopic (exact) mass is 231 g/mol. The van der Waals surface area contributed by atoms with E-state index >= 15 is 0 Å². The average molecular weight is 231 g/mol. The van der Waals surface area contributed by atoms with E-state index in [-0.39, 0.29) is 5.41 Å². The summed E-state index contributed by atoms with van der Waals surface area (Å²) in [7, 11) is 0. The lowest BCUT2D eigenvalue weighted by molar-refractivity contribution is 0.260. The van der Waals surface area contributed by atoms with Crippen molar-refractivity contribution in [1.29, 1.82) is 5.26 Å². The van der Waals surface area contributed by atoms with Crippen molar-refractivity contribution in [2.45, 2.75) is 58.9 Å². The van der Waals surface area contributed by atoms with Crippen LogP contribution in [0, 0.1) is 23.7 Å². The molecule has 0 radical (unpaired) electrons. The molecule has 0 bridgehead atoms. The Morgan fingerprint density at radius 1 is 1.41 bits per heavy atom. The zero-order valence-electron chi connectivity index (χ0n) is 10.9. The zero-order chi connectivity index (χ0) is 12.3. The first-order valence-electron chi connectivity index (χ1n) is 6.64. The molecular weight excluding hydrogens is 210 g/mol. The van der Waals surface area contributed by atoms with E-state index in [4.69, 9.17) is 0 Å². The molecule has 1 saturated carbocycles. The van der Waals surface area contributed by atoms with E-state index in [0.717, 1.165) is 31.5 Å². The average Bonchev–Trinajstić information content (AvgIpc) is 2.70. The van der Waals surface area contributed by atoms with Crippen LogP contribution in [0.5, 0.6) is 0 Å². The van der Waals surface area contributed by atoms with Crippen LogP contribution in [0.2, 0.25) is 0 Å². The predicted molar refractivity (Wildman–Crippen MR) is 67.5 cm³/mol. The Hall–Kier alpha value is -1.30. The highest BCUT2D eigenvalue weighted by Crippen LogP contribution is 2.38. The molecule has 0 N–H and O–H groups in total. The van der Waals surface area contributed by atoms with Crippen LogP contribution < -0.4 is 0 Å². The van der Waals surface area contributed by atoms with Gasteiger partial charge in [-0.2, -0.15) is 10.4 Å². The number of hydrogen-bond donors (Lipinski definition) is 0. The van der Waals surface area contributed by atoms with E-state index in [1.54, 1.807) is 0 Å². The third-order valence-electron chi connectivity index (χ3n) is 3.85. The van der Waals surface area contributed by atoms with Crippen LogP contribution in [-0.2, 0) is 13.0 Å². The Morgan fingerprint density at radius 3 is 2.71 bits per heavy atom. The highest BCUT2D eigenvalue weighted by Gasteiger charge is 2.33. The molecule has 0 unspecified atom stereocenters. The highest BCUT2D eigenvalue weighted by atomic mass is 15.3. The van der Waals surface area contributed by atoms with Crippen molar-refractivity contribution in [2.75, 3.05) is 0 Å². The minimum absolute atomic E-state index is 0.127. The first-order valence-corrected chi connectivity index (χ1v) is 6.64. The summed E-state index contributed by atoms with van der Waals surface area (Å²) in [6.45, 7) is 5.02. The van der Waals surface area contributed by atoms with Crippen LogP contribution in [0.3, 0.4) is 0 Å². The topological polar surface area (TPSA) is 41.6 Å². The molecule has 0 spiro atoms. The van der Waals surface area contributed by atoms with Gasteiger partial charge in [0.2, 0.25) is 0 Å². The van der Waals surface area contributed by atoms with Crippen LogP contribution in [0.1, 0.15) is 50.4 Å². The van der Waals surface area contributed by atoms with Crippen LogP contribution >= 0.6 is 0 Å². The minimum Gasteiger partial charge on any atom is -0.270 e. The molecule has 92 valence electrons. The molecule has 1 aliphatic carbocycles. The van der Waals surface area contributed by atoms with Gasteiger partial charge in [-0.15, -0.1) is 0 Å². The van der Waals surface area contributed by atoms with Gasteiger partial charge in [0.1, 0.15) is 0 Å².